The molecule has 0 spiro atoms. The van der Waals surface area contributed by atoms with E-state index in [-0.39, 0.29) is 6.98 Å². The quantitative estimate of drug-likeness (QED) is 0.391. The van der Waals surface area contributed by atoms with E-state index in [1.165, 1.54) is 39.2 Å². The number of aromatic nitrogens is 2. The minimum atomic E-state index is 0.193. The van der Waals surface area contributed by atoms with Crippen molar-refractivity contribution in [3.8, 4) is 11.4 Å². The fourth-order valence-electron chi connectivity index (χ4n) is 5.94. The largest absolute Gasteiger partial charge is 0.538 e. The lowest BCUT2D eigenvalue weighted by atomic mass is 9.57. The fraction of sp³-hybridized carbons (Fsp3) is 0.444. The summed E-state index contributed by atoms with van der Waals surface area (Å²) >= 11 is 0. The van der Waals surface area contributed by atoms with Crippen LogP contribution in [0.5, 0.6) is 0 Å². The molecule has 0 atom stereocenters. The van der Waals surface area contributed by atoms with Gasteiger partial charge in [-0.05, 0) is 41.9 Å². The van der Waals surface area contributed by atoms with Crippen molar-refractivity contribution in [2.24, 2.45) is 0 Å². The average molecular weight is 412 g/mol. The van der Waals surface area contributed by atoms with E-state index in [0.29, 0.717) is 17.9 Å². The first-order valence-corrected chi connectivity index (χ1v) is 12.1. The molecule has 0 aliphatic carbocycles. The van der Waals surface area contributed by atoms with Gasteiger partial charge in [-0.15, -0.1) is 0 Å². The van der Waals surface area contributed by atoms with E-state index < -0.39 is 0 Å². The highest BCUT2D eigenvalue weighted by molar-refractivity contribution is 6.71. The van der Waals surface area contributed by atoms with E-state index in [0.717, 1.165) is 19.4 Å². The van der Waals surface area contributed by atoms with Crippen LogP contribution in [0.3, 0.4) is 0 Å². The number of imidazole rings is 1. The van der Waals surface area contributed by atoms with Gasteiger partial charge in [-0.1, -0.05) is 71.9 Å². The Balaban J connectivity index is 1.86. The van der Waals surface area contributed by atoms with Crippen LogP contribution >= 0.6 is 0 Å². The van der Waals surface area contributed by atoms with Crippen LogP contribution in [0.1, 0.15) is 82.9 Å². The summed E-state index contributed by atoms with van der Waals surface area (Å²) in [6.07, 6.45) is 6.91. The van der Waals surface area contributed by atoms with E-state index in [1.54, 1.807) is 0 Å². The van der Waals surface area contributed by atoms with Gasteiger partial charge < -0.3 is 4.81 Å². The average Bonchev–Trinajstić information content (AvgIpc) is 3.33. The molecule has 0 N–H and O–H groups in total. The molecule has 5 rings (SSSR count). The molecule has 31 heavy (non-hydrogen) atoms. The molecule has 3 heterocycles. The summed E-state index contributed by atoms with van der Waals surface area (Å²) in [4.78, 5) is 2.76. The first-order chi connectivity index (χ1) is 15.0. The molecule has 0 radical (unpaired) electrons. The van der Waals surface area contributed by atoms with Gasteiger partial charge in [-0.25, -0.2) is 4.57 Å². The Kier molecular flexibility index (Phi) is 4.99. The highest BCUT2D eigenvalue weighted by atomic mass is 15.3. The van der Waals surface area contributed by atoms with Crippen LogP contribution < -0.4 is 14.8 Å². The van der Waals surface area contributed by atoms with Crippen molar-refractivity contribution < 1.29 is 4.48 Å². The van der Waals surface area contributed by atoms with Gasteiger partial charge in [0.25, 0.3) is 5.82 Å². The molecule has 2 aromatic carbocycles. The highest BCUT2D eigenvalue weighted by Crippen LogP contribution is 2.42. The summed E-state index contributed by atoms with van der Waals surface area (Å²) in [5.41, 5.74) is 8.80. The Labute approximate surface area is 187 Å². The lowest BCUT2D eigenvalue weighted by molar-refractivity contribution is -0.523. The minimum Gasteiger partial charge on any atom is -0.367 e. The Morgan fingerprint density at radius 2 is 1.58 bits per heavy atom. The number of nitrogens with zero attached hydrogens (tertiary/aromatic N) is 3. The van der Waals surface area contributed by atoms with Gasteiger partial charge in [-0.3, -0.25) is 4.48 Å². The Morgan fingerprint density at radius 1 is 0.935 bits per heavy atom. The fourth-order valence-corrected chi connectivity index (χ4v) is 5.94. The minimum absolute atomic E-state index is 0.193. The second kappa shape index (κ2) is 7.58. The molecule has 3 aromatic rings. The van der Waals surface area contributed by atoms with E-state index in [1.807, 2.05) is 0 Å². The molecule has 2 aliphatic rings. The van der Waals surface area contributed by atoms with Gasteiger partial charge in [0.1, 0.15) is 18.9 Å². The maximum absolute atomic E-state index is 2.76. The van der Waals surface area contributed by atoms with E-state index in [4.69, 9.17) is 0 Å². The number of hydrogen-bond donors (Lipinski definition) is 0. The lowest BCUT2D eigenvalue weighted by Gasteiger charge is -2.40. The summed E-state index contributed by atoms with van der Waals surface area (Å²) in [7, 11) is 0. The molecule has 2 aliphatic heterocycles. The van der Waals surface area contributed by atoms with Gasteiger partial charge in [-0.2, -0.15) is 0 Å². The number of anilines is 1. The molecule has 0 bridgehead atoms. The molecule has 0 unspecified atom stereocenters. The maximum Gasteiger partial charge on any atom is 0.538 e. The molecule has 0 saturated heterocycles. The zero-order chi connectivity index (χ0) is 21.9. The molecular formula is C27H35BN3+. The van der Waals surface area contributed by atoms with Gasteiger partial charge in [0.05, 0.1) is 5.56 Å². The van der Waals surface area contributed by atoms with Crippen LogP contribution in [0.15, 0.2) is 48.8 Å². The molecule has 4 heteroatoms. The summed E-state index contributed by atoms with van der Waals surface area (Å²) < 4.78 is 5.02. The zero-order valence-electron chi connectivity index (χ0n) is 19.9. The maximum atomic E-state index is 2.76. The van der Waals surface area contributed by atoms with E-state index >= 15 is 0 Å². The predicted octanol–water partition coefficient (Wildman–Crippen LogP) is 5.30. The van der Waals surface area contributed by atoms with Crippen LogP contribution in [0.25, 0.3) is 11.4 Å². The van der Waals surface area contributed by atoms with Crippen molar-refractivity contribution in [1.29, 1.82) is 0 Å². The van der Waals surface area contributed by atoms with Crippen molar-refractivity contribution in [3.05, 3.63) is 65.5 Å². The van der Waals surface area contributed by atoms with Crippen LogP contribution in [0.4, 0.5) is 5.69 Å². The van der Waals surface area contributed by atoms with Crippen LogP contribution in [0, 0.1) is 0 Å². The van der Waals surface area contributed by atoms with E-state index in [2.05, 4.69) is 104 Å². The molecular weight excluding hydrogens is 377 g/mol. The normalized spacial score (nSPS) is 14.4. The first kappa shape index (κ1) is 20.4. The molecule has 0 saturated carbocycles. The predicted molar refractivity (Wildman–Crippen MR) is 131 cm³/mol. The van der Waals surface area contributed by atoms with Crippen molar-refractivity contribution >= 4 is 18.1 Å². The third kappa shape index (κ3) is 2.91. The third-order valence-corrected chi connectivity index (χ3v) is 7.43. The number of hydrogen-bond acceptors (Lipinski definition) is 1. The Hall–Kier alpha value is -2.49. The van der Waals surface area contributed by atoms with Gasteiger partial charge in [0, 0.05) is 22.8 Å². The molecule has 3 nitrogen and oxygen atoms in total. The summed E-state index contributed by atoms with van der Waals surface area (Å²) in [5, 5.41) is 0. The summed E-state index contributed by atoms with van der Waals surface area (Å²) in [5.74, 6) is 2.36. The topological polar surface area (TPSA) is 12.1 Å². The van der Waals surface area contributed by atoms with Crippen LogP contribution in [-0.2, 0) is 6.54 Å². The second-order valence-electron chi connectivity index (χ2n) is 9.88. The van der Waals surface area contributed by atoms with Gasteiger partial charge in [0.15, 0.2) is 0 Å². The smallest absolute Gasteiger partial charge is 0.367 e. The van der Waals surface area contributed by atoms with Crippen LogP contribution in [-0.4, -0.2) is 17.6 Å². The Morgan fingerprint density at radius 3 is 2.19 bits per heavy atom. The van der Waals surface area contributed by atoms with Crippen LogP contribution in [0.2, 0.25) is 0 Å². The first-order valence-electron chi connectivity index (χ1n) is 12.1. The Bertz CT molecular complexity index is 1100. The number of benzene rings is 2. The highest BCUT2D eigenvalue weighted by Gasteiger charge is 2.50. The SMILES string of the molecule is CCC(CC)N1B(c2c(C(C)C)cccc2C(C)C)[n+]2ccn3c2-c2c(cccc21)C3. The molecule has 0 amide bonds. The zero-order valence-corrected chi connectivity index (χ0v) is 19.9. The van der Waals surface area contributed by atoms with Crippen molar-refractivity contribution in [2.45, 2.75) is 78.8 Å². The molecule has 1 aromatic heterocycles. The van der Waals surface area contributed by atoms with Gasteiger partial charge in [0.2, 0.25) is 0 Å². The van der Waals surface area contributed by atoms with E-state index in [9.17, 15) is 0 Å². The molecule has 0 fully saturated rings. The second-order valence-corrected chi connectivity index (χ2v) is 9.88. The van der Waals surface area contributed by atoms with Gasteiger partial charge >= 0.3 is 6.98 Å². The van der Waals surface area contributed by atoms with Crippen molar-refractivity contribution in [3.63, 3.8) is 0 Å². The number of rotatable bonds is 6. The summed E-state index contributed by atoms with van der Waals surface area (Å²) in [6.45, 7) is 15.2. The third-order valence-electron chi connectivity index (χ3n) is 7.43. The van der Waals surface area contributed by atoms with Crippen molar-refractivity contribution in [2.75, 3.05) is 4.81 Å². The standard InChI is InChI=1S/C27H35BN3/c1-7-21(8-2)31-24-14-9-11-20-17-29-15-16-30(27(29)25(20)24)28(31)26-22(18(3)4)12-10-13-23(26)19(5)6/h9-16,18-19,21H,7-8,17H2,1-6H3/q+1. The monoisotopic (exact) mass is 412 g/mol. The summed E-state index contributed by atoms with van der Waals surface area (Å²) in [6, 6.07) is 14.4. The van der Waals surface area contributed by atoms with Crippen molar-refractivity contribution in [1.82, 2.24) is 4.57 Å². The molecule has 160 valence electrons. The lowest BCUT2D eigenvalue weighted by Crippen LogP contribution is -2.73.